The molecular weight excluding hydrogens is 319 g/mol. The Morgan fingerprint density at radius 3 is 2.40 bits per heavy atom. The first-order chi connectivity index (χ1) is 7.10. The lowest BCUT2D eigenvalue weighted by molar-refractivity contribution is 0.633. The van der Waals surface area contributed by atoms with Gasteiger partial charge in [0.1, 0.15) is 5.01 Å². The second kappa shape index (κ2) is 4.17. The highest BCUT2D eigenvalue weighted by molar-refractivity contribution is 14.1. The zero-order chi connectivity index (χ0) is 10.9. The van der Waals surface area contributed by atoms with Crippen LogP contribution >= 0.6 is 34.1 Å². The van der Waals surface area contributed by atoms with Crippen LogP contribution in [0.15, 0.2) is 30.3 Å². The lowest BCUT2D eigenvalue weighted by Crippen LogP contribution is -2.18. The van der Waals surface area contributed by atoms with E-state index in [2.05, 4.69) is 70.1 Å². The van der Waals surface area contributed by atoms with Gasteiger partial charge in [-0.15, -0.1) is 0 Å². The van der Waals surface area contributed by atoms with E-state index < -0.39 is 0 Å². The summed E-state index contributed by atoms with van der Waals surface area (Å²) in [4.78, 5) is 4.45. The molecule has 0 aliphatic heterocycles. The van der Waals surface area contributed by atoms with Crippen LogP contribution in [0.25, 0.3) is 0 Å². The van der Waals surface area contributed by atoms with Crippen LogP contribution in [0.2, 0.25) is 0 Å². The molecule has 0 atom stereocenters. The Bertz CT molecular complexity index is 451. The van der Waals surface area contributed by atoms with Crippen molar-refractivity contribution in [3.63, 3.8) is 0 Å². The molecule has 1 heterocycles. The predicted molar refractivity (Wildman–Crippen MR) is 71.2 cm³/mol. The zero-order valence-electron chi connectivity index (χ0n) is 8.57. The van der Waals surface area contributed by atoms with E-state index in [0.717, 1.165) is 8.84 Å². The average molecular weight is 330 g/mol. The van der Waals surface area contributed by atoms with Gasteiger partial charge in [-0.3, -0.25) is 0 Å². The fraction of sp³-hybridized carbons (Fsp3) is 0.273. The largest absolute Gasteiger partial charge is 0.214 e. The first-order valence-electron chi connectivity index (χ1n) is 4.66. The monoisotopic (exact) mass is 330 g/mol. The van der Waals surface area contributed by atoms with Gasteiger partial charge in [0.2, 0.25) is 3.83 Å². The lowest BCUT2D eigenvalue weighted by Gasteiger charge is -2.21. The first-order valence-corrected chi connectivity index (χ1v) is 6.51. The summed E-state index contributed by atoms with van der Waals surface area (Å²) in [7, 11) is 0. The zero-order valence-corrected chi connectivity index (χ0v) is 11.5. The third-order valence-electron chi connectivity index (χ3n) is 2.43. The first kappa shape index (κ1) is 11.0. The molecule has 0 aliphatic carbocycles. The molecule has 0 saturated heterocycles. The van der Waals surface area contributed by atoms with Gasteiger partial charge in [-0.25, -0.2) is 4.98 Å². The summed E-state index contributed by atoms with van der Waals surface area (Å²) in [6, 6.07) is 10.4. The molecule has 0 aliphatic rings. The molecule has 0 unspecified atom stereocenters. The van der Waals surface area contributed by atoms with Crippen molar-refractivity contribution >= 4 is 34.1 Å². The molecule has 78 valence electrons. The van der Waals surface area contributed by atoms with Crippen molar-refractivity contribution in [1.29, 1.82) is 0 Å². The maximum absolute atomic E-state index is 4.45. The molecule has 0 N–H and O–H groups in total. The molecule has 1 aromatic heterocycles. The SMILES string of the molecule is CC(C)(c1ccccc1)c1nc(I)ns1. The van der Waals surface area contributed by atoms with E-state index in [9.17, 15) is 0 Å². The number of benzene rings is 1. The van der Waals surface area contributed by atoms with Crippen LogP contribution in [0.3, 0.4) is 0 Å². The van der Waals surface area contributed by atoms with Crippen LogP contribution in [-0.4, -0.2) is 9.36 Å². The normalized spacial score (nSPS) is 11.7. The third-order valence-corrected chi connectivity index (χ3v) is 4.28. The Morgan fingerprint density at radius 2 is 1.87 bits per heavy atom. The minimum atomic E-state index is -0.0532. The van der Waals surface area contributed by atoms with Gasteiger partial charge in [0, 0.05) is 28.0 Å². The third kappa shape index (κ3) is 2.20. The number of rotatable bonds is 2. The fourth-order valence-electron chi connectivity index (χ4n) is 1.44. The summed E-state index contributed by atoms with van der Waals surface area (Å²) in [6.45, 7) is 4.36. The summed E-state index contributed by atoms with van der Waals surface area (Å²) < 4.78 is 5.06. The number of halogens is 1. The topological polar surface area (TPSA) is 25.8 Å². The molecule has 2 aromatic rings. The summed E-state index contributed by atoms with van der Waals surface area (Å²) in [5.74, 6) is 0. The highest BCUT2D eigenvalue weighted by Gasteiger charge is 2.26. The van der Waals surface area contributed by atoms with Crippen molar-refractivity contribution in [2.24, 2.45) is 0 Å². The van der Waals surface area contributed by atoms with E-state index in [0.29, 0.717) is 0 Å². The Balaban J connectivity index is 2.43. The smallest absolute Gasteiger partial charge is 0.203 e. The molecule has 0 spiro atoms. The van der Waals surface area contributed by atoms with Crippen LogP contribution in [0.5, 0.6) is 0 Å². The van der Waals surface area contributed by atoms with Crippen molar-refractivity contribution in [2.45, 2.75) is 19.3 Å². The minimum absolute atomic E-state index is 0.0532. The van der Waals surface area contributed by atoms with E-state index in [1.807, 2.05) is 6.07 Å². The number of aromatic nitrogens is 2. The predicted octanol–water partition coefficient (Wildman–Crippen LogP) is 3.47. The molecular formula is C11H11IN2S. The van der Waals surface area contributed by atoms with Crippen LogP contribution in [0.1, 0.15) is 24.4 Å². The van der Waals surface area contributed by atoms with Crippen LogP contribution < -0.4 is 0 Å². The Hall–Kier alpha value is -0.490. The molecule has 0 saturated carbocycles. The van der Waals surface area contributed by atoms with Gasteiger partial charge in [-0.1, -0.05) is 30.3 Å². The molecule has 0 fully saturated rings. The van der Waals surface area contributed by atoms with E-state index >= 15 is 0 Å². The average Bonchev–Trinajstić information content (AvgIpc) is 2.67. The molecule has 0 amide bonds. The van der Waals surface area contributed by atoms with Gasteiger partial charge in [0.05, 0.1) is 0 Å². The highest BCUT2D eigenvalue weighted by atomic mass is 127. The summed E-state index contributed by atoms with van der Waals surface area (Å²) in [5, 5.41) is 1.07. The van der Waals surface area contributed by atoms with Crippen molar-refractivity contribution in [3.05, 3.63) is 44.7 Å². The van der Waals surface area contributed by atoms with Gasteiger partial charge in [-0.2, -0.15) is 4.37 Å². The Labute approximate surface area is 107 Å². The van der Waals surface area contributed by atoms with Crippen molar-refractivity contribution < 1.29 is 0 Å². The summed E-state index contributed by atoms with van der Waals surface area (Å²) in [6.07, 6.45) is 0. The highest BCUT2D eigenvalue weighted by Crippen LogP contribution is 2.32. The molecule has 4 heteroatoms. The summed E-state index contributed by atoms with van der Waals surface area (Å²) in [5.41, 5.74) is 1.22. The van der Waals surface area contributed by atoms with Crippen LogP contribution in [-0.2, 0) is 5.41 Å². The second-order valence-corrected chi connectivity index (χ2v) is 5.58. The Morgan fingerprint density at radius 1 is 1.20 bits per heavy atom. The fourth-order valence-corrected chi connectivity index (χ4v) is 2.81. The van der Waals surface area contributed by atoms with Crippen LogP contribution in [0, 0.1) is 3.83 Å². The van der Waals surface area contributed by atoms with Gasteiger partial charge in [-0.05, 0) is 30.9 Å². The van der Waals surface area contributed by atoms with E-state index in [1.165, 1.54) is 17.1 Å². The molecule has 0 radical (unpaired) electrons. The van der Waals surface area contributed by atoms with Gasteiger partial charge < -0.3 is 0 Å². The molecule has 15 heavy (non-hydrogen) atoms. The van der Waals surface area contributed by atoms with Gasteiger partial charge >= 0.3 is 0 Å². The van der Waals surface area contributed by atoms with Crippen molar-refractivity contribution in [1.82, 2.24) is 9.36 Å². The molecule has 2 rings (SSSR count). The van der Waals surface area contributed by atoms with E-state index in [4.69, 9.17) is 0 Å². The maximum atomic E-state index is 4.45. The number of hydrogen-bond acceptors (Lipinski definition) is 3. The van der Waals surface area contributed by atoms with Crippen LogP contribution in [0.4, 0.5) is 0 Å². The molecule has 1 aromatic carbocycles. The number of hydrogen-bond donors (Lipinski definition) is 0. The number of nitrogens with zero attached hydrogens (tertiary/aromatic N) is 2. The lowest BCUT2D eigenvalue weighted by atomic mass is 9.85. The van der Waals surface area contributed by atoms with E-state index in [-0.39, 0.29) is 5.41 Å². The minimum Gasteiger partial charge on any atom is -0.214 e. The standard InChI is InChI=1S/C11H11IN2S/c1-11(2,8-6-4-3-5-7-8)9-13-10(12)14-15-9/h3-7H,1-2H3. The van der Waals surface area contributed by atoms with Gasteiger partial charge in [0.25, 0.3) is 0 Å². The second-order valence-electron chi connectivity index (χ2n) is 3.86. The summed E-state index contributed by atoms with van der Waals surface area (Å²) >= 11 is 3.63. The van der Waals surface area contributed by atoms with E-state index in [1.54, 1.807) is 0 Å². The van der Waals surface area contributed by atoms with Crippen molar-refractivity contribution in [2.75, 3.05) is 0 Å². The Kier molecular flexibility index (Phi) is 3.06. The van der Waals surface area contributed by atoms with Crippen molar-refractivity contribution in [3.8, 4) is 0 Å². The van der Waals surface area contributed by atoms with Gasteiger partial charge in [0.15, 0.2) is 0 Å². The maximum Gasteiger partial charge on any atom is 0.203 e. The molecule has 0 bridgehead atoms. The quantitative estimate of drug-likeness (QED) is 0.788. The molecule has 2 nitrogen and oxygen atoms in total.